The molecular weight excluding hydrogens is 264 g/mol. The summed E-state index contributed by atoms with van der Waals surface area (Å²) >= 11 is 1.34. The number of carbonyl (C=O) groups is 2. The molecule has 1 atom stereocenters. The Hall–Kier alpha value is -2.21. The summed E-state index contributed by atoms with van der Waals surface area (Å²) in [5, 5.41) is 14.0. The Kier molecular flexibility index (Phi) is 3.91. The molecule has 1 heterocycles. The first-order chi connectivity index (χ1) is 9.08. The first kappa shape index (κ1) is 13.2. The van der Waals surface area contributed by atoms with Crippen LogP contribution >= 0.6 is 11.3 Å². The van der Waals surface area contributed by atoms with Crippen LogP contribution in [0.2, 0.25) is 0 Å². The second-order valence-electron chi connectivity index (χ2n) is 3.91. The number of amides is 1. The van der Waals surface area contributed by atoms with Crippen LogP contribution < -0.4 is 5.32 Å². The number of thiazole rings is 1. The van der Waals surface area contributed by atoms with Crippen molar-refractivity contribution >= 4 is 23.2 Å². The fourth-order valence-electron chi connectivity index (χ4n) is 1.61. The van der Waals surface area contributed by atoms with Crippen molar-refractivity contribution in [3.05, 3.63) is 52.0 Å². The molecule has 0 aliphatic heterocycles. The van der Waals surface area contributed by atoms with Crippen molar-refractivity contribution < 1.29 is 14.7 Å². The molecule has 0 aliphatic rings. The number of aliphatic carboxylic acids is 1. The van der Waals surface area contributed by atoms with Crippen LogP contribution in [0.5, 0.6) is 0 Å². The minimum atomic E-state index is -1.11. The molecule has 2 aromatic rings. The van der Waals surface area contributed by atoms with Crippen LogP contribution in [-0.2, 0) is 4.79 Å². The molecule has 0 saturated heterocycles. The predicted molar refractivity (Wildman–Crippen MR) is 71.1 cm³/mol. The number of benzene rings is 1. The zero-order chi connectivity index (χ0) is 13.8. The van der Waals surface area contributed by atoms with Crippen LogP contribution in [0.4, 0.5) is 0 Å². The molecule has 1 aromatic carbocycles. The molecule has 5 nitrogen and oxygen atoms in total. The van der Waals surface area contributed by atoms with E-state index in [1.807, 2.05) is 0 Å². The highest BCUT2D eigenvalue weighted by Gasteiger charge is 2.23. The molecule has 0 saturated carbocycles. The summed E-state index contributed by atoms with van der Waals surface area (Å²) in [5.74, 6) is -1.59. The van der Waals surface area contributed by atoms with Crippen molar-refractivity contribution in [2.75, 3.05) is 0 Å². The van der Waals surface area contributed by atoms with E-state index in [0.717, 1.165) is 5.01 Å². The molecule has 1 amide bonds. The van der Waals surface area contributed by atoms with E-state index in [4.69, 9.17) is 0 Å². The van der Waals surface area contributed by atoms with E-state index in [2.05, 4.69) is 10.3 Å². The third-order valence-electron chi connectivity index (χ3n) is 2.51. The topological polar surface area (TPSA) is 79.3 Å². The molecule has 6 heteroatoms. The molecule has 98 valence electrons. The van der Waals surface area contributed by atoms with E-state index >= 15 is 0 Å². The highest BCUT2D eigenvalue weighted by atomic mass is 32.1. The number of rotatable bonds is 4. The van der Waals surface area contributed by atoms with Crippen molar-refractivity contribution in [3.8, 4) is 0 Å². The summed E-state index contributed by atoms with van der Waals surface area (Å²) in [6, 6.07) is 7.48. The van der Waals surface area contributed by atoms with Crippen LogP contribution in [0, 0.1) is 6.92 Å². The number of nitrogens with one attached hydrogen (secondary N) is 1. The lowest BCUT2D eigenvalue weighted by Gasteiger charge is -2.13. The van der Waals surface area contributed by atoms with Crippen LogP contribution in [0.15, 0.2) is 35.7 Å². The molecule has 2 N–H and O–H groups in total. The second kappa shape index (κ2) is 5.62. The smallest absolute Gasteiger partial charge is 0.330 e. The summed E-state index contributed by atoms with van der Waals surface area (Å²) in [6.07, 6.45) is 0. The Bertz CT molecular complexity index is 595. The first-order valence-electron chi connectivity index (χ1n) is 5.58. The molecule has 0 unspecified atom stereocenters. The summed E-state index contributed by atoms with van der Waals surface area (Å²) in [6.45, 7) is 1.79. The fourth-order valence-corrected chi connectivity index (χ4v) is 2.20. The largest absolute Gasteiger partial charge is 0.479 e. The average molecular weight is 276 g/mol. The number of carboxylic acid groups (broad SMARTS) is 1. The molecule has 0 bridgehead atoms. The zero-order valence-corrected chi connectivity index (χ0v) is 11.0. The van der Waals surface area contributed by atoms with Crippen molar-refractivity contribution in [1.29, 1.82) is 0 Å². The third kappa shape index (κ3) is 3.17. The maximum Gasteiger partial charge on any atom is 0.330 e. The summed E-state index contributed by atoms with van der Waals surface area (Å²) < 4.78 is 0. The highest BCUT2D eigenvalue weighted by molar-refractivity contribution is 7.09. The van der Waals surface area contributed by atoms with Crippen LogP contribution in [-0.4, -0.2) is 22.0 Å². The monoisotopic (exact) mass is 276 g/mol. The number of aromatic nitrogens is 1. The predicted octanol–water partition coefficient (Wildman–Crippen LogP) is 2.01. The maximum atomic E-state index is 11.9. The van der Waals surface area contributed by atoms with Gasteiger partial charge < -0.3 is 10.4 Å². The average Bonchev–Trinajstić information content (AvgIpc) is 2.83. The Balaban J connectivity index is 2.18. The van der Waals surface area contributed by atoms with E-state index in [1.54, 1.807) is 42.6 Å². The van der Waals surface area contributed by atoms with E-state index in [-0.39, 0.29) is 5.69 Å². The van der Waals surface area contributed by atoms with Gasteiger partial charge in [0.05, 0.1) is 5.01 Å². The molecule has 19 heavy (non-hydrogen) atoms. The van der Waals surface area contributed by atoms with Crippen molar-refractivity contribution in [2.45, 2.75) is 13.0 Å². The second-order valence-corrected chi connectivity index (χ2v) is 4.97. The van der Waals surface area contributed by atoms with Gasteiger partial charge in [-0.3, -0.25) is 4.79 Å². The lowest BCUT2D eigenvalue weighted by atomic mass is 10.1. The number of carboxylic acids is 1. The van der Waals surface area contributed by atoms with E-state index in [1.165, 1.54) is 11.3 Å². The Morgan fingerprint density at radius 1 is 1.32 bits per heavy atom. The van der Waals surface area contributed by atoms with Gasteiger partial charge in [0.2, 0.25) is 0 Å². The first-order valence-corrected chi connectivity index (χ1v) is 6.46. The van der Waals surface area contributed by atoms with Crippen LogP contribution in [0.25, 0.3) is 0 Å². The van der Waals surface area contributed by atoms with Crippen LogP contribution in [0.1, 0.15) is 27.1 Å². The van der Waals surface area contributed by atoms with Gasteiger partial charge in [-0.1, -0.05) is 30.3 Å². The van der Waals surface area contributed by atoms with Crippen molar-refractivity contribution in [1.82, 2.24) is 10.3 Å². The zero-order valence-electron chi connectivity index (χ0n) is 10.2. The molecular formula is C13H12N2O3S. The van der Waals surface area contributed by atoms with Gasteiger partial charge in [0.15, 0.2) is 6.04 Å². The van der Waals surface area contributed by atoms with Crippen LogP contribution in [0.3, 0.4) is 0 Å². The quantitative estimate of drug-likeness (QED) is 0.895. The minimum absolute atomic E-state index is 0.240. The van der Waals surface area contributed by atoms with Gasteiger partial charge in [-0.2, -0.15) is 0 Å². The van der Waals surface area contributed by atoms with Gasteiger partial charge in [0.25, 0.3) is 5.91 Å². The molecule has 0 fully saturated rings. The lowest BCUT2D eigenvalue weighted by Crippen LogP contribution is -2.33. The summed E-state index contributed by atoms with van der Waals surface area (Å²) in [7, 11) is 0. The highest BCUT2D eigenvalue weighted by Crippen LogP contribution is 2.14. The molecule has 0 radical (unpaired) electrons. The minimum Gasteiger partial charge on any atom is -0.479 e. The van der Waals surface area contributed by atoms with E-state index < -0.39 is 17.9 Å². The number of aryl methyl sites for hydroxylation is 1. The van der Waals surface area contributed by atoms with Crippen molar-refractivity contribution in [2.24, 2.45) is 0 Å². The van der Waals surface area contributed by atoms with E-state index in [0.29, 0.717) is 5.56 Å². The Labute approximate surface area is 113 Å². The summed E-state index contributed by atoms with van der Waals surface area (Å²) in [5.41, 5.74) is 0.764. The van der Waals surface area contributed by atoms with E-state index in [9.17, 15) is 14.7 Å². The fraction of sp³-hybridized carbons (Fsp3) is 0.154. The number of hydrogen-bond acceptors (Lipinski definition) is 4. The third-order valence-corrected chi connectivity index (χ3v) is 3.28. The van der Waals surface area contributed by atoms with Gasteiger partial charge in [0, 0.05) is 5.38 Å². The summed E-state index contributed by atoms with van der Waals surface area (Å²) in [4.78, 5) is 27.2. The maximum absolute atomic E-state index is 11.9. The normalized spacial score (nSPS) is 11.8. The SMILES string of the molecule is Cc1nc(C(=O)N[C@@H](C(=O)O)c2ccccc2)cs1. The van der Waals surface area contributed by atoms with Gasteiger partial charge in [0.1, 0.15) is 5.69 Å². The van der Waals surface area contributed by atoms with Crippen molar-refractivity contribution in [3.63, 3.8) is 0 Å². The number of nitrogens with zero attached hydrogens (tertiary/aromatic N) is 1. The number of carbonyl (C=O) groups excluding carboxylic acids is 1. The van der Waals surface area contributed by atoms with Gasteiger partial charge in [-0.25, -0.2) is 9.78 Å². The molecule has 1 aromatic heterocycles. The number of hydrogen-bond donors (Lipinski definition) is 2. The van der Waals surface area contributed by atoms with Gasteiger partial charge in [-0.05, 0) is 12.5 Å². The molecule has 0 aliphatic carbocycles. The molecule has 2 rings (SSSR count). The lowest BCUT2D eigenvalue weighted by molar-refractivity contribution is -0.139. The van der Waals surface area contributed by atoms with Gasteiger partial charge in [-0.15, -0.1) is 11.3 Å². The molecule has 0 spiro atoms. The Morgan fingerprint density at radius 3 is 2.53 bits per heavy atom. The standard InChI is InChI=1S/C13H12N2O3S/c1-8-14-10(7-19-8)12(16)15-11(13(17)18)9-5-3-2-4-6-9/h2-7,11H,1H3,(H,15,16)(H,17,18)/t11-/m1/s1. The Morgan fingerprint density at radius 2 is 2.00 bits per heavy atom. The van der Waals surface area contributed by atoms with Gasteiger partial charge >= 0.3 is 5.97 Å².